The minimum absolute atomic E-state index is 0.179. The van der Waals surface area contributed by atoms with Gasteiger partial charge in [-0.05, 0) is 26.7 Å². The Balaban J connectivity index is 1.81. The molecule has 1 aliphatic heterocycles. The lowest BCUT2D eigenvalue weighted by atomic mass is 9.93. The maximum atomic E-state index is 5.86. The van der Waals surface area contributed by atoms with Crippen LogP contribution in [0, 0.1) is 0 Å². The number of piperazine rings is 1. The molecule has 1 heterocycles. The van der Waals surface area contributed by atoms with Gasteiger partial charge in [-0.2, -0.15) is 0 Å². The molecule has 0 atom stereocenters. The molecule has 2 fully saturated rings. The third-order valence-electron chi connectivity index (χ3n) is 4.76. The van der Waals surface area contributed by atoms with E-state index in [1.54, 1.807) is 0 Å². The molecular formula is C14H29N3. The van der Waals surface area contributed by atoms with Crippen LogP contribution in [-0.2, 0) is 0 Å². The molecule has 0 bridgehead atoms. The summed E-state index contributed by atoms with van der Waals surface area (Å²) in [5.41, 5.74) is 6.04. The van der Waals surface area contributed by atoms with Crippen molar-refractivity contribution < 1.29 is 0 Å². The quantitative estimate of drug-likeness (QED) is 0.813. The van der Waals surface area contributed by atoms with Crippen LogP contribution in [0.4, 0.5) is 0 Å². The Morgan fingerprint density at radius 1 is 1.00 bits per heavy atom. The molecule has 0 aromatic carbocycles. The minimum Gasteiger partial charge on any atom is -0.329 e. The first kappa shape index (κ1) is 13.3. The highest BCUT2D eigenvalue weighted by Crippen LogP contribution is 2.24. The highest BCUT2D eigenvalue weighted by Gasteiger charge is 2.31. The molecule has 2 rings (SSSR count). The zero-order valence-corrected chi connectivity index (χ0v) is 11.6. The van der Waals surface area contributed by atoms with E-state index < -0.39 is 0 Å². The van der Waals surface area contributed by atoms with Crippen molar-refractivity contribution in [2.45, 2.75) is 57.5 Å². The molecule has 3 nitrogen and oxygen atoms in total. The van der Waals surface area contributed by atoms with Crippen molar-refractivity contribution in [2.75, 3.05) is 32.7 Å². The van der Waals surface area contributed by atoms with Crippen LogP contribution in [0.5, 0.6) is 0 Å². The van der Waals surface area contributed by atoms with Gasteiger partial charge in [0, 0.05) is 44.3 Å². The van der Waals surface area contributed by atoms with E-state index in [0.717, 1.165) is 12.6 Å². The Kier molecular flexibility index (Phi) is 4.45. The number of hydrogen-bond acceptors (Lipinski definition) is 3. The van der Waals surface area contributed by atoms with Crippen LogP contribution in [0.3, 0.4) is 0 Å². The Labute approximate surface area is 106 Å². The van der Waals surface area contributed by atoms with Crippen molar-refractivity contribution in [3.63, 3.8) is 0 Å². The fourth-order valence-electron chi connectivity index (χ4n) is 3.27. The van der Waals surface area contributed by atoms with Crippen LogP contribution in [0.1, 0.15) is 46.0 Å². The molecule has 0 unspecified atom stereocenters. The van der Waals surface area contributed by atoms with Gasteiger partial charge in [-0.25, -0.2) is 0 Å². The first-order valence-corrected chi connectivity index (χ1v) is 7.33. The SMILES string of the molecule is CC(C)(CN)N1CCN(C2CCCCC2)CC1. The zero-order chi connectivity index (χ0) is 12.3. The van der Waals surface area contributed by atoms with Gasteiger partial charge in [-0.1, -0.05) is 19.3 Å². The van der Waals surface area contributed by atoms with Crippen LogP contribution in [0.15, 0.2) is 0 Å². The van der Waals surface area contributed by atoms with Crippen LogP contribution in [-0.4, -0.2) is 54.1 Å². The van der Waals surface area contributed by atoms with Crippen molar-refractivity contribution in [1.29, 1.82) is 0 Å². The van der Waals surface area contributed by atoms with Gasteiger partial charge >= 0.3 is 0 Å². The van der Waals surface area contributed by atoms with E-state index in [-0.39, 0.29) is 5.54 Å². The number of hydrogen-bond donors (Lipinski definition) is 1. The second kappa shape index (κ2) is 5.68. The van der Waals surface area contributed by atoms with Crippen LogP contribution >= 0.6 is 0 Å². The average Bonchev–Trinajstić information content (AvgIpc) is 2.40. The molecule has 0 aromatic rings. The van der Waals surface area contributed by atoms with Crippen LogP contribution in [0.2, 0.25) is 0 Å². The molecule has 2 aliphatic rings. The fourth-order valence-corrected chi connectivity index (χ4v) is 3.27. The molecule has 3 heteroatoms. The van der Waals surface area contributed by atoms with Gasteiger partial charge in [0.1, 0.15) is 0 Å². The van der Waals surface area contributed by atoms with Crippen molar-refractivity contribution in [1.82, 2.24) is 9.80 Å². The highest BCUT2D eigenvalue weighted by molar-refractivity contribution is 4.88. The first-order valence-electron chi connectivity index (χ1n) is 7.33. The van der Waals surface area contributed by atoms with Gasteiger partial charge in [-0.15, -0.1) is 0 Å². The van der Waals surface area contributed by atoms with Crippen molar-refractivity contribution >= 4 is 0 Å². The third-order valence-corrected chi connectivity index (χ3v) is 4.76. The van der Waals surface area contributed by atoms with E-state index in [2.05, 4.69) is 23.6 Å². The second-order valence-corrected chi connectivity index (χ2v) is 6.33. The van der Waals surface area contributed by atoms with Crippen molar-refractivity contribution in [2.24, 2.45) is 5.73 Å². The first-order chi connectivity index (χ1) is 8.13. The molecule has 0 amide bonds. The number of nitrogens with two attached hydrogens (primary N) is 1. The maximum Gasteiger partial charge on any atom is 0.0276 e. The Hall–Kier alpha value is -0.120. The summed E-state index contributed by atoms with van der Waals surface area (Å²) in [4.78, 5) is 5.29. The lowest BCUT2D eigenvalue weighted by molar-refractivity contribution is 0.0294. The van der Waals surface area contributed by atoms with E-state index in [4.69, 9.17) is 5.73 Å². The molecule has 0 radical (unpaired) electrons. The Bertz CT molecular complexity index is 226. The standard InChI is InChI=1S/C14H29N3/c1-14(2,12-15)17-10-8-16(9-11-17)13-6-4-3-5-7-13/h13H,3-12,15H2,1-2H3. The molecule has 2 N–H and O–H groups in total. The molecule has 0 spiro atoms. The molecule has 1 aliphatic carbocycles. The second-order valence-electron chi connectivity index (χ2n) is 6.33. The van der Waals surface area contributed by atoms with Crippen LogP contribution < -0.4 is 5.73 Å². The van der Waals surface area contributed by atoms with E-state index in [0.29, 0.717) is 0 Å². The zero-order valence-electron chi connectivity index (χ0n) is 11.6. The summed E-state index contributed by atoms with van der Waals surface area (Å²) in [6, 6.07) is 0.881. The predicted octanol–water partition coefficient (Wildman–Crippen LogP) is 1.67. The lowest BCUT2D eigenvalue weighted by Crippen LogP contribution is -2.58. The maximum absolute atomic E-state index is 5.86. The van der Waals surface area contributed by atoms with Gasteiger partial charge in [0.05, 0.1) is 0 Å². The summed E-state index contributed by atoms with van der Waals surface area (Å²) in [6.45, 7) is 10.2. The minimum atomic E-state index is 0.179. The number of rotatable bonds is 3. The van der Waals surface area contributed by atoms with Gasteiger partial charge in [0.15, 0.2) is 0 Å². The largest absolute Gasteiger partial charge is 0.329 e. The normalized spacial score (nSPS) is 26.3. The summed E-state index contributed by atoms with van der Waals surface area (Å²) < 4.78 is 0. The lowest BCUT2D eigenvalue weighted by Gasteiger charge is -2.46. The average molecular weight is 239 g/mol. The Morgan fingerprint density at radius 3 is 2.12 bits per heavy atom. The highest BCUT2D eigenvalue weighted by atomic mass is 15.3. The fraction of sp³-hybridized carbons (Fsp3) is 1.00. The van der Waals surface area contributed by atoms with Crippen molar-refractivity contribution in [3.8, 4) is 0 Å². The summed E-state index contributed by atoms with van der Waals surface area (Å²) >= 11 is 0. The molecular weight excluding hydrogens is 210 g/mol. The van der Waals surface area contributed by atoms with Gasteiger partial charge in [0.25, 0.3) is 0 Å². The summed E-state index contributed by atoms with van der Waals surface area (Å²) in [7, 11) is 0. The van der Waals surface area contributed by atoms with E-state index in [9.17, 15) is 0 Å². The van der Waals surface area contributed by atoms with Gasteiger partial charge < -0.3 is 5.73 Å². The summed E-state index contributed by atoms with van der Waals surface area (Å²) in [6.07, 6.45) is 7.20. The molecule has 0 aromatic heterocycles. The third kappa shape index (κ3) is 3.21. The predicted molar refractivity (Wildman–Crippen MR) is 73.2 cm³/mol. The van der Waals surface area contributed by atoms with E-state index in [1.165, 1.54) is 58.3 Å². The smallest absolute Gasteiger partial charge is 0.0276 e. The van der Waals surface area contributed by atoms with Crippen LogP contribution in [0.25, 0.3) is 0 Å². The number of nitrogens with zero attached hydrogens (tertiary/aromatic N) is 2. The molecule has 100 valence electrons. The summed E-state index contributed by atoms with van der Waals surface area (Å²) in [5.74, 6) is 0. The van der Waals surface area contributed by atoms with E-state index in [1.807, 2.05) is 0 Å². The topological polar surface area (TPSA) is 32.5 Å². The molecule has 17 heavy (non-hydrogen) atoms. The van der Waals surface area contributed by atoms with Gasteiger partial charge in [-0.3, -0.25) is 9.80 Å². The Morgan fingerprint density at radius 2 is 1.59 bits per heavy atom. The monoisotopic (exact) mass is 239 g/mol. The molecule has 1 saturated carbocycles. The van der Waals surface area contributed by atoms with Crippen molar-refractivity contribution in [3.05, 3.63) is 0 Å². The summed E-state index contributed by atoms with van der Waals surface area (Å²) in [5, 5.41) is 0. The van der Waals surface area contributed by atoms with Gasteiger partial charge in [0.2, 0.25) is 0 Å². The van der Waals surface area contributed by atoms with E-state index >= 15 is 0 Å². The molecule has 1 saturated heterocycles.